The number of anilines is 2. The first-order valence-corrected chi connectivity index (χ1v) is 7.80. The van der Waals surface area contributed by atoms with E-state index in [1.807, 2.05) is 30.6 Å². The van der Waals surface area contributed by atoms with Crippen LogP contribution >= 0.6 is 15.9 Å². The minimum Gasteiger partial charge on any atom is -0.350 e. The minimum atomic E-state index is 0.611. The van der Waals surface area contributed by atoms with Crippen molar-refractivity contribution < 1.29 is 0 Å². The number of hydrogen-bond donors (Lipinski definition) is 1. The second kappa shape index (κ2) is 5.49. The Kier molecular flexibility index (Phi) is 3.34. The second-order valence-corrected chi connectivity index (χ2v) is 5.89. The number of fused-ring (bicyclic) bond motifs is 3. The number of aliphatic imine (C=N–C) groups is 1. The van der Waals surface area contributed by atoms with Crippen molar-refractivity contribution in [1.29, 1.82) is 0 Å². The molecule has 2 aromatic heterocycles. The highest BCUT2D eigenvalue weighted by Crippen LogP contribution is 2.32. The first kappa shape index (κ1) is 13.4. The number of pyridine rings is 1. The highest BCUT2D eigenvalue weighted by molar-refractivity contribution is 9.12. The van der Waals surface area contributed by atoms with E-state index in [1.54, 1.807) is 6.20 Å². The van der Waals surface area contributed by atoms with Crippen LogP contribution in [-0.4, -0.2) is 33.9 Å². The average molecular weight is 357 g/mol. The topological polar surface area (TPSA) is 66.3 Å². The molecule has 0 fully saturated rings. The fourth-order valence-corrected chi connectivity index (χ4v) is 3.11. The van der Waals surface area contributed by atoms with Crippen LogP contribution in [0.2, 0.25) is 0 Å². The van der Waals surface area contributed by atoms with E-state index in [9.17, 15) is 0 Å². The number of hydrogen-bond acceptors (Lipinski definition) is 6. The van der Waals surface area contributed by atoms with Gasteiger partial charge in [-0.1, -0.05) is 6.07 Å². The van der Waals surface area contributed by atoms with E-state index in [1.165, 1.54) is 0 Å². The second-order valence-electron chi connectivity index (χ2n) is 5.04. The highest BCUT2D eigenvalue weighted by Gasteiger charge is 2.28. The Bertz CT molecular complexity index is 771. The number of aromatic nitrogens is 3. The number of amidine groups is 1. The van der Waals surface area contributed by atoms with Crippen LogP contribution in [0.15, 0.2) is 40.2 Å². The van der Waals surface area contributed by atoms with Gasteiger partial charge in [-0.25, -0.2) is 4.98 Å². The number of halogens is 1. The van der Waals surface area contributed by atoms with E-state index >= 15 is 0 Å². The lowest BCUT2D eigenvalue weighted by molar-refractivity contribution is 0.972. The lowest BCUT2D eigenvalue weighted by atomic mass is 10.2. The molecule has 0 saturated heterocycles. The van der Waals surface area contributed by atoms with E-state index in [2.05, 4.69) is 46.1 Å². The zero-order chi connectivity index (χ0) is 14.9. The van der Waals surface area contributed by atoms with Gasteiger partial charge in [-0.3, -0.25) is 9.98 Å². The van der Waals surface area contributed by atoms with Gasteiger partial charge in [-0.15, -0.1) is 0 Å². The van der Waals surface area contributed by atoms with Gasteiger partial charge in [-0.05, 0) is 33.6 Å². The Morgan fingerprint density at radius 2 is 2.27 bits per heavy atom. The molecule has 0 amide bonds. The van der Waals surface area contributed by atoms with Crippen molar-refractivity contribution in [2.75, 3.05) is 23.3 Å². The van der Waals surface area contributed by atoms with E-state index < -0.39 is 0 Å². The maximum atomic E-state index is 4.64. The summed E-state index contributed by atoms with van der Waals surface area (Å²) in [5.74, 6) is 2.47. The molecule has 0 spiro atoms. The van der Waals surface area contributed by atoms with Gasteiger partial charge < -0.3 is 10.2 Å². The van der Waals surface area contributed by atoms with Gasteiger partial charge in [0.1, 0.15) is 11.7 Å². The van der Waals surface area contributed by atoms with Crippen LogP contribution in [0.4, 0.5) is 11.8 Å². The molecule has 2 aromatic rings. The van der Waals surface area contributed by atoms with Crippen molar-refractivity contribution in [3.63, 3.8) is 0 Å². The lowest BCUT2D eigenvalue weighted by Gasteiger charge is -2.25. The van der Waals surface area contributed by atoms with E-state index in [0.29, 0.717) is 12.5 Å². The number of rotatable bonds is 3. The van der Waals surface area contributed by atoms with Gasteiger partial charge in [0.05, 0.1) is 11.0 Å². The molecule has 22 heavy (non-hydrogen) atoms. The van der Waals surface area contributed by atoms with Crippen molar-refractivity contribution in [3.8, 4) is 0 Å². The largest absolute Gasteiger partial charge is 0.350 e. The summed E-state index contributed by atoms with van der Waals surface area (Å²) < 4.78 is 0.983. The van der Waals surface area contributed by atoms with Crippen molar-refractivity contribution in [3.05, 3.63) is 46.3 Å². The standard InChI is InChI=1S/C15H13BrN6/c16-12-6-11-9-20-15(19-8-10-2-1-3-17-7-10)21-13(11)22-5-4-18-14(12)22/h1-3,6-7,9H,4-5,8H2,(H,19,20,21). The van der Waals surface area contributed by atoms with Gasteiger partial charge in [0.25, 0.3) is 0 Å². The van der Waals surface area contributed by atoms with Gasteiger partial charge >= 0.3 is 0 Å². The van der Waals surface area contributed by atoms with Gasteiger partial charge in [0.15, 0.2) is 0 Å². The summed E-state index contributed by atoms with van der Waals surface area (Å²) in [6.45, 7) is 2.29. The predicted molar refractivity (Wildman–Crippen MR) is 90.1 cm³/mol. The molecule has 0 aromatic carbocycles. The maximum Gasteiger partial charge on any atom is 0.224 e. The van der Waals surface area contributed by atoms with Crippen LogP contribution in [0.3, 0.4) is 0 Å². The van der Waals surface area contributed by atoms with E-state index in [0.717, 1.165) is 40.4 Å². The Hall–Kier alpha value is -2.28. The van der Waals surface area contributed by atoms with Crippen LogP contribution in [0.25, 0.3) is 6.08 Å². The van der Waals surface area contributed by atoms with Crippen LogP contribution < -0.4 is 10.2 Å². The molecule has 4 rings (SSSR count). The van der Waals surface area contributed by atoms with Crippen LogP contribution in [0.1, 0.15) is 11.1 Å². The summed E-state index contributed by atoms with van der Waals surface area (Å²) in [6, 6.07) is 3.93. The lowest BCUT2D eigenvalue weighted by Crippen LogP contribution is -2.31. The fraction of sp³-hybridized carbons (Fsp3) is 0.200. The molecule has 0 atom stereocenters. The molecule has 0 unspecified atom stereocenters. The summed E-state index contributed by atoms with van der Waals surface area (Å²) in [5.41, 5.74) is 2.09. The molecule has 1 N–H and O–H groups in total. The van der Waals surface area contributed by atoms with Gasteiger partial charge in [0.2, 0.25) is 5.95 Å². The SMILES string of the molecule is BrC1=Cc2cnc(NCc3cccnc3)nc2N2CCN=C12. The molecule has 0 radical (unpaired) electrons. The van der Waals surface area contributed by atoms with Crippen molar-refractivity contribution in [2.24, 2.45) is 4.99 Å². The third kappa shape index (κ3) is 2.37. The van der Waals surface area contributed by atoms with E-state index in [4.69, 9.17) is 0 Å². The molecule has 2 aliphatic rings. The Morgan fingerprint density at radius 1 is 1.32 bits per heavy atom. The molecule has 2 aliphatic heterocycles. The first-order chi connectivity index (χ1) is 10.8. The first-order valence-electron chi connectivity index (χ1n) is 7.00. The number of nitrogens with one attached hydrogen (secondary N) is 1. The summed E-state index contributed by atoms with van der Waals surface area (Å²) >= 11 is 3.56. The molecular weight excluding hydrogens is 344 g/mol. The fourth-order valence-electron chi connectivity index (χ4n) is 2.53. The summed E-state index contributed by atoms with van der Waals surface area (Å²) in [5, 5.41) is 3.24. The zero-order valence-electron chi connectivity index (χ0n) is 11.7. The van der Waals surface area contributed by atoms with E-state index in [-0.39, 0.29) is 0 Å². The molecule has 0 saturated carbocycles. The van der Waals surface area contributed by atoms with Crippen molar-refractivity contribution in [2.45, 2.75) is 6.54 Å². The monoisotopic (exact) mass is 356 g/mol. The Balaban J connectivity index is 1.60. The maximum absolute atomic E-state index is 4.64. The molecule has 7 heteroatoms. The van der Waals surface area contributed by atoms with Crippen molar-refractivity contribution in [1.82, 2.24) is 15.0 Å². The molecule has 0 bridgehead atoms. The smallest absolute Gasteiger partial charge is 0.224 e. The summed E-state index contributed by atoms with van der Waals surface area (Å²) in [6.07, 6.45) is 7.44. The predicted octanol–water partition coefficient (Wildman–Crippen LogP) is 2.45. The molecule has 110 valence electrons. The third-order valence-corrected chi connectivity index (χ3v) is 4.15. The van der Waals surface area contributed by atoms with Crippen molar-refractivity contribution >= 4 is 39.6 Å². The van der Waals surface area contributed by atoms with Crippen LogP contribution in [0, 0.1) is 0 Å². The zero-order valence-corrected chi connectivity index (χ0v) is 13.3. The number of nitrogens with zero attached hydrogens (tertiary/aromatic N) is 5. The summed E-state index contributed by atoms with van der Waals surface area (Å²) in [7, 11) is 0. The molecule has 0 aliphatic carbocycles. The van der Waals surface area contributed by atoms with Crippen LogP contribution in [0.5, 0.6) is 0 Å². The minimum absolute atomic E-state index is 0.611. The average Bonchev–Trinajstić information content (AvgIpc) is 3.05. The quantitative estimate of drug-likeness (QED) is 0.914. The van der Waals surface area contributed by atoms with Gasteiger partial charge in [0, 0.05) is 37.2 Å². The Morgan fingerprint density at radius 3 is 3.14 bits per heavy atom. The normalized spacial score (nSPS) is 15.8. The molecule has 6 nitrogen and oxygen atoms in total. The molecular formula is C15H13BrN6. The van der Waals surface area contributed by atoms with Gasteiger partial charge in [-0.2, -0.15) is 4.98 Å². The third-order valence-electron chi connectivity index (χ3n) is 3.56. The van der Waals surface area contributed by atoms with Crippen LogP contribution in [-0.2, 0) is 6.54 Å². The summed E-state index contributed by atoms with van der Waals surface area (Å²) in [4.78, 5) is 19.7. The molecule has 4 heterocycles. The highest BCUT2D eigenvalue weighted by atomic mass is 79.9. The Labute approximate surface area is 136 Å².